The van der Waals surface area contributed by atoms with Crippen LogP contribution in [-0.2, 0) is 0 Å². The van der Waals surface area contributed by atoms with Crippen molar-refractivity contribution >= 4 is 17.3 Å². The van der Waals surface area contributed by atoms with E-state index in [-0.39, 0.29) is 0 Å². The maximum Gasteiger partial charge on any atom is 0.223 e. The lowest BCUT2D eigenvalue weighted by Crippen LogP contribution is -2.20. The lowest BCUT2D eigenvalue weighted by molar-refractivity contribution is 0.744. The first-order valence-electron chi connectivity index (χ1n) is 13.9. The van der Waals surface area contributed by atoms with Crippen molar-refractivity contribution in [1.82, 2.24) is 19.6 Å². The summed E-state index contributed by atoms with van der Waals surface area (Å²) in [5.41, 5.74) is 7.42. The predicted octanol–water partition coefficient (Wildman–Crippen LogP) is 7.08. The molecule has 2 aromatic carbocycles. The van der Waals surface area contributed by atoms with E-state index >= 15 is 0 Å². The van der Waals surface area contributed by atoms with E-state index < -0.39 is 0 Å². The highest BCUT2D eigenvalue weighted by molar-refractivity contribution is 5.92. The fourth-order valence-electron chi connectivity index (χ4n) is 5.99. The van der Waals surface area contributed by atoms with Crippen LogP contribution in [0.2, 0.25) is 0 Å². The van der Waals surface area contributed by atoms with Gasteiger partial charge < -0.3 is 10.2 Å². The van der Waals surface area contributed by atoms with E-state index in [1.807, 2.05) is 12.3 Å². The Hall–Kier alpha value is -4.19. The van der Waals surface area contributed by atoms with Crippen molar-refractivity contribution in [1.29, 1.82) is 0 Å². The van der Waals surface area contributed by atoms with Crippen LogP contribution in [0.3, 0.4) is 0 Å². The van der Waals surface area contributed by atoms with Gasteiger partial charge in [0.1, 0.15) is 11.5 Å². The zero-order valence-electron chi connectivity index (χ0n) is 21.6. The fourth-order valence-corrected chi connectivity index (χ4v) is 5.99. The number of nitrogens with one attached hydrogen (secondary N) is 1. The number of rotatable bonds is 6. The van der Waals surface area contributed by atoms with Gasteiger partial charge in [-0.05, 0) is 61.1 Å². The third kappa shape index (κ3) is 4.30. The van der Waals surface area contributed by atoms with Crippen molar-refractivity contribution in [3.05, 3.63) is 85.1 Å². The first-order chi connectivity index (χ1) is 18.8. The molecule has 0 unspecified atom stereocenters. The minimum atomic E-state index is 0.456. The van der Waals surface area contributed by atoms with Gasteiger partial charge in [0.15, 0.2) is 0 Å². The number of nitrogens with zero attached hydrogens (tertiary/aromatic N) is 5. The van der Waals surface area contributed by atoms with Gasteiger partial charge in [0.25, 0.3) is 0 Å². The molecular formula is C32H32N6. The monoisotopic (exact) mass is 500 g/mol. The molecule has 1 N–H and O–H groups in total. The summed E-state index contributed by atoms with van der Waals surface area (Å²) in [4.78, 5) is 12.1. The molecule has 1 saturated carbocycles. The van der Waals surface area contributed by atoms with Gasteiger partial charge in [-0.3, -0.25) is 0 Å². The number of aromatic nitrogens is 4. The Labute approximate surface area is 223 Å². The Kier molecular flexibility index (Phi) is 6.00. The molecule has 6 nitrogen and oxygen atoms in total. The van der Waals surface area contributed by atoms with Gasteiger partial charge in [-0.25, -0.2) is 14.5 Å². The standard InChI is InChI=1S/C32H32N6/c1-2-10-23(11-3-1)24-12-8-13-25(22-24)31-30(27-18-19-33-32(35-27)34-26-14-4-5-15-26)28-16-9-17-29(38(28)36-31)37-20-6-7-21-37/h1-3,8-13,16-19,22,26H,4-7,14-15,20-21H2,(H,33,34,35). The SMILES string of the molecule is c1ccc(-c2cccc(-c3nn4c(N5CCCC5)cccc4c3-c3ccnc(NC4CCCC4)n3)c2)cc1. The summed E-state index contributed by atoms with van der Waals surface area (Å²) in [6, 6.07) is 28.2. The Morgan fingerprint density at radius 2 is 1.50 bits per heavy atom. The smallest absolute Gasteiger partial charge is 0.223 e. The molecule has 6 heteroatoms. The second kappa shape index (κ2) is 9.93. The summed E-state index contributed by atoms with van der Waals surface area (Å²) in [7, 11) is 0. The molecule has 2 aliphatic rings. The molecule has 190 valence electrons. The summed E-state index contributed by atoms with van der Waals surface area (Å²) < 4.78 is 2.12. The second-order valence-corrected chi connectivity index (χ2v) is 10.4. The van der Waals surface area contributed by atoms with Gasteiger partial charge in [-0.2, -0.15) is 5.10 Å². The van der Waals surface area contributed by atoms with E-state index in [1.165, 1.54) is 49.7 Å². The Morgan fingerprint density at radius 1 is 0.737 bits per heavy atom. The molecule has 7 rings (SSSR count). The first kappa shape index (κ1) is 23.0. The normalized spacial score (nSPS) is 15.9. The van der Waals surface area contributed by atoms with Crippen LogP contribution in [-0.4, -0.2) is 38.7 Å². The number of hydrogen-bond donors (Lipinski definition) is 1. The van der Waals surface area contributed by atoms with Crippen molar-refractivity contribution < 1.29 is 0 Å². The number of anilines is 2. The summed E-state index contributed by atoms with van der Waals surface area (Å²) >= 11 is 0. The number of hydrogen-bond acceptors (Lipinski definition) is 5. The van der Waals surface area contributed by atoms with Crippen LogP contribution in [0.5, 0.6) is 0 Å². The molecule has 0 bridgehead atoms. The molecule has 0 radical (unpaired) electrons. The van der Waals surface area contributed by atoms with Crippen molar-refractivity contribution in [3.63, 3.8) is 0 Å². The molecule has 1 aliphatic carbocycles. The van der Waals surface area contributed by atoms with Crippen LogP contribution in [0.25, 0.3) is 39.2 Å². The molecule has 0 spiro atoms. The van der Waals surface area contributed by atoms with Crippen LogP contribution in [0.15, 0.2) is 85.1 Å². The zero-order valence-corrected chi connectivity index (χ0v) is 21.6. The van der Waals surface area contributed by atoms with Crippen LogP contribution in [0.4, 0.5) is 11.8 Å². The van der Waals surface area contributed by atoms with E-state index in [0.717, 1.165) is 46.9 Å². The van der Waals surface area contributed by atoms with Crippen LogP contribution < -0.4 is 10.2 Å². The minimum Gasteiger partial charge on any atom is -0.357 e. The van der Waals surface area contributed by atoms with E-state index in [1.54, 1.807) is 0 Å². The summed E-state index contributed by atoms with van der Waals surface area (Å²) in [6.45, 7) is 2.13. The Bertz CT molecular complexity index is 1560. The Morgan fingerprint density at radius 3 is 2.34 bits per heavy atom. The average molecular weight is 501 g/mol. The topological polar surface area (TPSA) is 58.4 Å². The van der Waals surface area contributed by atoms with Gasteiger partial charge in [-0.1, -0.05) is 67.4 Å². The molecule has 4 heterocycles. The fraction of sp³-hybridized carbons (Fsp3) is 0.281. The summed E-state index contributed by atoms with van der Waals surface area (Å²) in [5.74, 6) is 1.85. The lowest BCUT2D eigenvalue weighted by atomic mass is 9.99. The van der Waals surface area contributed by atoms with Crippen molar-refractivity contribution in [2.75, 3.05) is 23.3 Å². The van der Waals surface area contributed by atoms with Gasteiger partial charge in [-0.15, -0.1) is 0 Å². The highest BCUT2D eigenvalue weighted by Crippen LogP contribution is 2.38. The molecule has 38 heavy (non-hydrogen) atoms. The quantitative estimate of drug-likeness (QED) is 0.270. The third-order valence-corrected chi connectivity index (χ3v) is 7.91. The molecule has 5 aromatic rings. The number of pyridine rings is 1. The minimum absolute atomic E-state index is 0.456. The maximum absolute atomic E-state index is 5.27. The lowest BCUT2D eigenvalue weighted by Gasteiger charge is -2.18. The maximum atomic E-state index is 5.27. The van der Waals surface area contributed by atoms with Crippen molar-refractivity contribution in [2.45, 2.75) is 44.6 Å². The van der Waals surface area contributed by atoms with E-state index in [9.17, 15) is 0 Å². The number of fused-ring (bicyclic) bond motifs is 1. The average Bonchev–Trinajstić information content (AvgIpc) is 3.75. The van der Waals surface area contributed by atoms with E-state index in [4.69, 9.17) is 10.1 Å². The molecule has 2 fully saturated rings. The van der Waals surface area contributed by atoms with Crippen LogP contribution >= 0.6 is 0 Å². The predicted molar refractivity (Wildman–Crippen MR) is 154 cm³/mol. The highest BCUT2D eigenvalue weighted by atomic mass is 15.3. The van der Waals surface area contributed by atoms with Gasteiger partial charge in [0.2, 0.25) is 5.95 Å². The molecule has 0 amide bonds. The van der Waals surface area contributed by atoms with Crippen LogP contribution in [0, 0.1) is 0 Å². The zero-order chi connectivity index (χ0) is 25.3. The van der Waals surface area contributed by atoms with Crippen LogP contribution in [0.1, 0.15) is 38.5 Å². The van der Waals surface area contributed by atoms with Gasteiger partial charge >= 0.3 is 0 Å². The molecule has 0 atom stereocenters. The second-order valence-electron chi connectivity index (χ2n) is 10.4. The highest BCUT2D eigenvalue weighted by Gasteiger charge is 2.23. The summed E-state index contributed by atoms with van der Waals surface area (Å²) in [6.07, 6.45) is 9.22. The van der Waals surface area contributed by atoms with Crippen molar-refractivity contribution in [3.8, 4) is 33.6 Å². The molecule has 1 aliphatic heterocycles. The first-order valence-corrected chi connectivity index (χ1v) is 13.9. The number of benzene rings is 2. The van der Waals surface area contributed by atoms with Gasteiger partial charge in [0.05, 0.1) is 16.8 Å². The molecule has 1 saturated heterocycles. The van der Waals surface area contributed by atoms with Crippen molar-refractivity contribution in [2.24, 2.45) is 0 Å². The molecule has 3 aromatic heterocycles. The summed E-state index contributed by atoms with van der Waals surface area (Å²) in [5, 5.41) is 8.85. The third-order valence-electron chi connectivity index (χ3n) is 7.91. The van der Waals surface area contributed by atoms with Gasteiger partial charge in [0, 0.05) is 30.9 Å². The molecular weight excluding hydrogens is 468 g/mol. The largest absolute Gasteiger partial charge is 0.357 e. The Balaban J connectivity index is 1.40. The van der Waals surface area contributed by atoms with E-state index in [0.29, 0.717) is 12.0 Å². The van der Waals surface area contributed by atoms with E-state index in [2.05, 4.69) is 92.5 Å².